The van der Waals surface area contributed by atoms with E-state index in [2.05, 4.69) is 20.5 Å². The van der Waals surface area contributed by atoms with Gasteiger partial charge >= 0.3 is 11.9 Å². The second-order valence-corrected chi connectivity index (χ2v) is 8.78. The molecular formula is C20H17F3N8O4S. The Balaban J connectivity index is 1.65. The molecule has 2 amide bonds. The summed E-state index contributed by atoms with van der Waals surface area (Å²) in [4.78, 5) is 38.9. The number of halogens is 3. The van der Waals surface area contributed by atoms with Gasteiger partial charge in [0, 0.05) is 11.6 Å². The smallest absolute Gasteiger partial charge is 0.365 e. The fourth-order valence-electron chi connectivity index (χ4n) is 3.69. The number of alkyl halides is 3. The molecule has 0 spiro atoms. The Bertz CT molecular complexity index is 1550. The van der Waals surface area contributed by atoms with Crippen LogP contribution in [-0.2, 0) is 12.8 Å². The molecule has 0 aliphatic rings. The lowest BCUT2D eigenvalue weighted by Gasteiger charge is -2.09. The van der Waals surface area contributed by atoms with E-state index in [1.807, 2.05) is 0 Å². The maximum Gasteiger partial charge on any atom is 0.433 e. The fourth-order valence-corrected chi connectivity index (χ4v) is 4.74. The van der Waals surface area contributed by atoms with Crippen molar-refractivity contribution in [3.05, 3.63) is 61.7 Å². The Morgan fingerprint density at radius 3 is 2.53 bits per heavy atom. The summed E-state index contributed by atoms with van der Waals surface area (Å²) in [6.45, 7) is 4.40. The maximum atomic E-state index is 13.2. The van der Waals surface area contributed by atoms with Crippen LogP contribution in [0.1, 0.15) is 42.8 Å². The van der Waals surface area contributed by atoms with E-state index in [4.69, 9.17) is 5.73 Å². The van der Waals surface area contributed by atoms with Crippen molar-refractivity contribution in [1.29, 1.82) is 0 Å². The van der Waals surface area contributed by atoms with Crippen molar-refractivity contribution in [2.24, 2.45) is 5.73 Å². The Morgan fingerprint density at radius 1 is 1.25 bits per heavy atom. The largest absolute Gasteiger partial charge is 0.433 e. The maximum absolute atomic E-state index is 13.2. The molecule has 0 aromatic carbocycles. The summed E-state index contributed by atoms with van der Waals surface area (Å²) < 4.78 is 42.2. The van der Waals surface area contributed by atoms with E-state index in [-0.39, 0.29) is 50.1 Å². The standard InChI is InChI=1S/C20H17F3N8O4S/c1-8-6-12(20(21,22)23)25-19-13(8)14(16(36-19)17(24)32)26-18(33)11-4-5-29(28-11)7-30-10(3)15(31(34)35)9(2)27-30/h4-6H,7H2,1-3H3,(H2,24,32)(H,26,33). The van der Waals surface area contributed by atoms with Crippen molar-refractivity contribution in [3.63, 3.8) is 0 Å². The highest BCUT2D eigenvalue weighted by Crippen LogP contribution is 2.39. The van der Waals surface area contributed by atoms with Gasteiger partial charge in [0.1, 0.15) is 33.5 Å². The number of hydrogen-bond donors (Lipinski definition) is 2. The van der Waals surface area contributed by atoms with Gasteiger partial charge in [-0.05, 0) is 38.5 Å². The first-order valence-corrected chi connectivity index (χ1v) is 10.9. The van der Waals surface area contributed by atoms with E-state index in [1.165, 1.54) is 42.4 Å². The predicted octanol–water partition coefficient (Wildman–Crippen LogP) is 3.40. The monoisotopic (exact) mass is 522 g/mol. The van der Waals surface area contributed by atoms with Gasteiger partial charge in [-0.15, -0.1) is 11.3 Å². The van der Waals surface area contributed by atoms with Crippen molar-refractivity contribution in [2.45, 2.75) is 33.6 Å². The van der Waals surface area contributed by atoms with Crippen LogP contribution in [0, 0.1) is 30.9 Å². The third kappa shape index (κ3) is 4.37. The zero-order valence-corrected chi connectivity index (χ0v) is 19.7. The molecule has 4 aromatic rings. The van der Waals surface area contributed by atoms with Gasteiger partial charge in [-0.3, -0.25) is 24.4 Å². The second kappa shape index (κ2) is 8.71. The number of aryl methyl sites for hydroxylation is 2. The topological polar surface area (TPSA) is 164 Å². The SMILES string of the molecule is Cc1nn(Cn2ccc(C(=O)Nc3c(C(N)=O)sc4nc(C(F)(F)F)cc(C)c34)n2)c(C)c1[N+](=O)[O-]. The minimum absolute atomic E-state index is 0.0229. The molecule has 0 radical (unpaired) electrons. The van der Waals surface area contributed by atoms with Crippen LogP contribution in [0.3, 0.4) is 0 Å². The first kappa shape index (κ1) is 24.8. The van der Waals surface area contributed by atoms with E-state index in [1.54, 1.807) is 0 Å². The molecule has 36 heavy (non-hydrogen) atoms. The average molecular weight is 522 g/mol. The number of amides is 2. The summed E-state index contributed by atoms with van der Waals surface area (Å²) >= 11 is 0.636. The number of carbonyl (C=O) groups excluding carboxylic acids is 2. The zero-order valence-electron chi connectivity index (χ0n) is 18.9. The molecule has 0 fully saturated rings. The van der Waals surface area contributed by atoms with E-state index < -0.39 is 28.6 Å². The van der Waals surface area contributed by atoms with Gasteiger partial charge in [-0.1, -0.05) is 0 Å². The van der Waals surface area contributed by atoms with Crippen molar-refractivity contribution in [3.8, 4) is 0 Å². The van der Waals surface area contributed by atoms with Crippen LogP contribution >= 0.6 is 11.3 Å². The van der Waals surface area contributed by atoms with E-state index in [0.29, 0.717) is 17.0 Å². The molecule has 12 nitrogen and oxygen atoms in total. The molecule has 16 heteroatoms. The van der Waals surface area contributed by atoms with Crippen LogP contribution in [0.25, 0.3) is 10.2 Å². The normalized spacial score (nSPS) is 11.7. The number of hydrogen-bond acceptors (Lipinski definition) is 8. The number of rotatable bonds is 6. The predicted molar refractivity (Wildman–Crippen MR) is 122 cm³/mol. The minimum Gasteiger partial charge on any atom is -0.365 e. The van der Waals surface area contributed by atoms with Crippen molar-refractivity contribution >= 4 is 44.7 Å². The molecule has 0 unspecified atom stereocenters. The molecule has 0 aliphatic carbocycles. The van der Waals surface area contributed by atoms with Crippen LogP contribution in [0.2, 0.25) is 0 Å². The summed E-state index contributed by atoms with van der Waals surface area (Å²) in [7, 11) is 0. The molecule has 0 saturated heterocycles. The lowest BCUT2D eigenvalue weighted by Crippen LogP contribution is -2.18. The Hall–Kier alpha value is -4.34. The van der Waals surface area contributed by atoms with Gasteiger partial charge in [-0.25, -0.2) is 9.67 Å². The van der Waals surface area contributed by atoms with Gasteiger partial charge in [-0.2, -0.15) is 23.4 Å². The number of aromatic nitrogens is 5. The van der Waals surface area contributed by atoms with E-state index in [0.717, 1.165) is 6.07 Å². The molecular weight excluding hydrogens is 505 g/mol. The van der Waals surface area contributed by atoms with Gasteiger partial charge < -0.3 is 11.1 Å². The first-order valence-electron chi connectivity index (χ1n) is 10.1. The number of primary amides is 1. The lowest BCUT2D eigenvalue weighted by molar-refractivity contribution is -0.386. The van der Waals surface area contributed by atoms with Gasteiger partial charge in [0.2, 0.25) is 0 Å². The molecule has 0 saturated carbocycles. The number of nitrogens with one attached hydrogen (secondary N) is 1. The average Bonchev–Trinajstić information content (AvgIpc) is 3.44. The summed E-state index contributed by atoms with van der Waals surface area (Å²) in [6, 6.07) is 2.18. The number of nitrogens with two attached hydrogens (primary N) is 1. The number of thiophene rings is 1. The molecule has 0 atom stereocenters. The molecule has 0 bridgehead atoms. The van der Waals surface area contributed by atoms with E-state index >= 15 is 0 Å². The van der Waals surface area contributed by atoms with Crippen molar-refractivity contribution in [2.75, 3.05) is 5.32 Å². The van der Waals surface area contributed by atoms with Gasteiger partial charge in [0.25, 0.3) is 11.8 Å². The quantitative estimate of drug-likeness (QED) is 0.289. The third-order valence-corrected chi connectivity index (χ3v) is 6.39. The highest BCUT2D eigenvalue weighted by atomic mass is 32.1. The van der Waals surface area contributed by atoms with Gasteiger partial charge in [0.05, 0.1) is 10.6 Å². The first-order chi connectivity index (χ1) is 16.8. The summed E-state index contributed by atoms with van der Waals surface area (Å²) in [5.41, 5.74) is 4.67. The number of anilines is 1. The van der Waals surface area contributed by atoms with Crippen LogP contribution in [0.15, 0.2) is 18.3 Å². The van der Waals surface area contributed by atoms with Crippen LogP contribution in [0.5, 0.6) is 0 Å². The van der Waals surface area contributed by atoms with Crippen LogP contribution in [-0.4, -0.2) is 41.3 Å². The second-order valence-electron chi connectivity index (χ2n) is 7.78. The molecule has 188 valence electrons. The van der Waals surface area contributed by atoms with Crippen molar-refractivity contribution < 1.29 is 27.7 Å². The van der Waals surface area contributed by atoms with Gasteiger partial charge in [0.15, 0.2) is 5.69 Å². The number of fused-ring (bicyclic) bond motifs is 1. The highest BCUT2D eigenvalue weighted by Gasteiger charge is 2.34. The van der Waals surface area contributed by atoms with Crippen molar-refractivity contribution in [1.82, 2.24) is 24.5 Å². The number of nitrogens with zero attached hydrogens (tertiary/aromatic N) is 6. The Kier molecular flexibility index (Phi) is 5.99. The van der Waals surface area contributed by atoms with Crippen LogP contribution in [0.4, 0.5) is 24.5 Å². The Morgan fingerprint density at radius 2 is 1.94 bits per heavy atom. The molecule has 4 heterocycles. The highest BCUT2D eigenvalue weighted by molar-refractivity contribution is 7.21. The number of pyridine rings is 1. The molecule has 3 N–H and O–H groups in total. The number of nitro groups is 1. The number of carbonyl (C=O) groups is 2. The lowest BCUT2D eigenvalue weighted by atomic mass is 10.1. The fraction of sp³-hybridized carbons (Fsp3) is 0.250. The summed E-state index contributed by atoms with van der Waals surface area (Å²) in [5, 5.41) is 22.1. The summed E-state index contributed by atoms with van der Waals surface area (Å²) in [5.74, 6) is -1.70. The van der Waals surface area contributed by atoms with Crippen LogP contribution < -0.4 is 11.1 Å². The molecule has 4 rings (SSSR count). The summed E-state index contributed by atoms with van der Waals surface area (Å²) in [6.07, 6.45) is -3.25. The minimum atomic E-state index is -4.70. The zero-order chi connectivity index (χ0) is 26.5. The third-order valence-electron chi connectivity index (χ3n) is 5.29. The molecule has 4 aromatic heterocycles. The van der Waals surface area contributed by atoms with E-state index in [9.17, 15) is 32.9 Å². The Labute approximate surface area is 203 Å². The molecule has 0 aliphatic heterocycles.